The second-order valence-electron chi connectivity index (χ2n) is 5.15. The SMILES string of the molecule is O=C(NCc1nnnn1C1CCCC1)Nc1ccccc1. The van der Waals surface area contributed by atoms with Gasteiger partial charge in [-0.25, -0.2) is 9.48 Å². The minimum atomic E-state index is -0.262. The average molecular weight is 286 g/mol. The lowest BCUT2D eigenvalue weighted by Crippen LogP contribution is -2.29. The van der Waals surface area contributed by atoms with Crippen LogP contribution in [0.1, 0.15) is 37.5 Å². The Morgan fingerprint density at radius 3 is 2.76 bits per heavy atom. The van der Waals surface area contributed by atoms with Crippen molar-refractivity contribution in [2.24, 2.45) is 0 Å². The number of tetrazole rings is 1. The number of rotatable bonds is 4. The molecule has 7 heteroatoms. The Morgan fingerprint density at radius 2 is 2.00 bits per heavy atom. The standard InChI is InChI=1S/C14H18N6O/c21-14(16-11-6-2-1-3-7-11)15-10-13-17-18-19-20(13)12-8-4-5-9-12/h1-3,6-7,12H,4-5,8-10H2,(H2,15,16,21). The lowest BCUT2D eigenvalue weighted by molar-refractivity contribution is 0.251. The van der Waals surface area contributed by atoms with Crippen molar-refractivity contribution in [3.8, 4) is 0 Å². The number of nitrogens with one attached hydrogen (secondary N) is 2. The molecule has 1 saturated carbocycles. The van der Waals surface area contributed by atoms with Crippen LogP contribution in [0.15, 0.2) is 30.3 Å². The summed E-state index contributed by atoms with van der Waals surface area (Å²) in [5, 5.41) is 17.3. The number of anilines is 1. The van der Waals surface area contributed by atoms with Crippen LogP contribution in [-0.2, 0) is 6.54 Å². The Morgan fingerprint density at radius 1 is 1.24 bits per heavy atom. The summed E-state index contributed by atoms with van der Waals surface area (Å²) >= 11 is 0. The molecule has 0 aliphatic heterocycles. The lowest BCUT2D eigenvalue weighted by atomic mass is 10.2. The van der Waals surface area contributed by atoms with Gasteiger partial charge in [0.1, 0.15) is 0 Å². The number of aromatic nitrogens is 4. The van der Waals surface area contributed by atoms with Crippen LogP contribution < -0.4 is 10.6 Å². The summed E-state index contributed by atoms with van der Waals surface area (Å²) in [6, 6.07) is 9.42. The summed E-state index contributed by atoms with van der Waals surface area (Å²) in [6.07, 6.45) is 4.64. The van der Waals surface area contributed by atoms with Gasteiger partial charge in [-0.2, -0.15) is 0 Å². The maximum Gasteiger partial charge on any atom is 0.319 e. The zero-order chi connectivity index (χ0) is 14.5. The Hall–Kier alpha value is -2.44. The van der Waals surface area contributed by atoms with Crippen LogP contribution in [0, 0.1) is 0 Å². The van der Waals surface area contributed by atoms with E-state index in [9.17, 15) is 4.79 Å². The first kappa shape index (κ1) is 13.5. The number of para-hydroxylation sites is 1. The zero-order valence-corrected chi connectivity index (χ0v) is 11.7. The quantitative estimate of drug-likeness (QED) is 0.901. The zero-order valence-electron chi connectivity index (χ0n) is 11.7. The molecule has 0 spiro atoms. The Bertz CT molecular complexity index is 591. The smallest absolute Gasteiger partial charge is 0.319 e. The van der Waals surface area contributed by atoms with Crippen LogP contribution in [0.3, 0.4) is 0 Å². The largest absolute Gasteiger partial charge is 0.331 e. The fraction of sp³-hybridized carbons (Fsp3) is 0.429. The average Bonchev–Trinajstić information content (AvgIpc) is 3.17. The number of hydrogen-bond acceptors (Lipinski definition) is 4. The van der Waals surface area contributed by atoms with Crippen molar-refractivity contribution in [3.05, 3.63) is 36.2 Å². The highest BCUT2D eigenvalue weighted by molar-refractivity contribution is 5.89. The normalized spacial score (nSPS) is 15.0. The van der Waals surface area contributed by atoms with Gasteiger partial charge in [0.25, 0.3) is 0 Å². The van der Waals surface area contributed by atoms with Crippen molar-refractivity contribution in [1.82, 2.24) is 25.5 Å². The second-order valence-corrected chi connectivity index (χ2v) is 5.15. The first-order chi connectivity index (χ1) is 10.3. The number of carbonyl (C=O) groups is 1. The maximum absolute atomic E-state index is 11.8. The minimum absolute atomic E-state index is 0.262. The summed E-state index contributed by atoms with van der Waals surface area (Å²) in [7, 11) is 0. The van der Waals surface area contributed by atoms with Crippen molar-refractivity contribution in [2.45, 2.75) is 38.3 Å². The fourth-order valence-electron chi connectivity index (χ4n) is 2.62. The van der Waals surface area contributed by atoms with E-state index < -0.39 is 0 Å². The van der Waals surface area contributed by atoms with Gasteiger partial charge in [0.2, 0.25) is 0 Å². The molecule has 7 nitrogen and oxygen atoms in total. The highest BCUT2D eigenvalue weighted by atomic mass is 16.2. The molecule has 1 aliphatic carbocycles. The molecule has 2 amide bonds. The molecule has 1 aliphatic rings. The topological polar surface area (TPSA) is 84.7 Å². The molecule has 2 N–H and O–H groups in total. The van der Waals surface area contributed by atoms with Crippen LogP contribution in [0.5, 0.6) is 0 Å². The Kier molecular flexibility index (Phi) is 4.09. The fourth-order valence-corrected chi connectivity index (χ4v) is 2.62. The third kappa shape index (κ3) is 3.36. The van der Waals surface area contributed by atoms with E-state index in [0.717, 1.165) is 18.5 Å². The molecule has 3 rings (SSSR count). The van der Waals surface area contributed by atoms with E-state index in [1.54, 1.807) is 0 Å². The maximum atomic E-state index is 11.8. The van der Waals surface area contributed by atoms with Gasteiger partial charge in [-0.15, -0.1) is 5.10 Å². The second kappa shape index (κ2) is 6.34. The van der Waals surface area contributed by atoms with E-state index in [2.05, 4.69) is 26.2 Å². The summed E-state index contributed by atoms with van der Waals surface area (Å²) in [5.74, 6) is 0.699. The first-order valence-corrected chi connectivity index (χ1v) is 7.19. The van der Waals surface area contributed by atoms with Gasteiger partial charge in [-0.3, -0.25) is 0 Å². The minimum Gasteiger partial charge on any atom is -0.331 e. The van der Waals surface area contributed by atoms with E-state index in [4.69, 9.17) is 0 Å². The summed E-state index contributed by atoms with van der Waals surface area (Å²) < 4.78 is 1.84. The summed E-state index contributed by atoms with van der Waals surface area (Å²) in [4.78, 5) is 11.8. The summed E-state index contributed by atoms with van der Waals surface area (Å²) in [5.41, 5.74) is 0.755. The lowest BCUT2D eigenvalue weighted by Gasteiger charge is -2.12. The summed E-state index contributed by atoms with van der Waals surface area (Å²) in [6.45, 7) is 0.322. The van der Waals surface area contributed by atoms with Crippen LogP contribution in [0.4, 0.5) is 10.5 Å². The van der Waals surface area contributed by atoms with Gasteiger partial charge in [0, 0.05) is 5.69 Å². The highest BCUT2D eigenvalue weighted by Crippen LogP contribution is 2.28. The van der Waals surface area contributed by atoms with E-state index in [1.165, 1.54) is 12.8 Å². The van der Waals surface area contributed by atoms with Crippen LogP contribution >= 0.6 is 0 Å². The van der Waals surface area contributed by atoms with Gasteiger partial charge in [0.05, 0.1) is 12.6 Å². The molecule has 0 atom stereocenters. The van der Waals surface area contributed by atoms with Gasteiger partial charge in [0.15, 0.2) is 5.82 Å². The molecule has 110 valence electrons. The molecular formula is C14H18N6O. The molecule has 1 aromatic heterocycles. The molecule has 1 heterocycles. The monoisotopic (exact) mass is 286 g/mol. The number of amides is 2. The molecule has 1 fully saturated rings. The van der Waals surface area contributed by atoms with Crippen LogP contribution in [0.2, 0.25) is 0 Å². The third-order valence-electron chi connectivity index (χ3n) is 3.67. The van der Waals surface area contributed by atoms with E-state index >= 15 is 0 Å². The third-order valence-corrected chi connectivity index (χ3v) is 3.67. The molecule has 0 bridgehead atoms. The van der Waals surface area contributed by atoms with Crippen molar-refractivity contribution < 1.29 is 4.79 Å². The van der Waals surface area contributed by atoms with Gasteiger partial charge < -0.3 is 10.6 Å². The highest BCUT2D eigenvalue weighted by Gasteiger charge is 2.21. The molecule has 0 saturated heterocycles. The molecule has 21 heavy (non-hydrogen) atoms. The number of hydrogen-bond donors (Lipinski definition) is 2. The number of benzene rings is 1. The van der Waals surface area contributed by atoms with E-state index in [0.29, 0.717) is 18.4 Å². The van der Waals surface area contributed by atoms with Gasteiger partial charge in [-0.1, -0.05) is 31.0 Å². The number of nitrogens with zero attached hydrogens (tertiary/aromatic N) is 4. The molecule has 1 aromatic carbocycles. The van der Waals surface area contributed by atoms with Crippen molar-refractivity contribution in [3.63, 3.8) is 0 Å². The van der Waals surface area contributed by atoms with Gasteiger partial charge in [-0.05, 0) is 35.4 Å². The van der Waals surface area contributed by atoms with Crippen molar-refractivity contribution in [2.75, 3.05) is 5.32 Å². The van der Waals surface area contributed by atoms with Crippen molar-refractivity contribution >= 4 is 11.7 Å². The predicted octanol–water partition coefficient (Wildman–Crippen LogP) is 2.11. The number of urea groups is 1. The van der Waals surface area contributed by atoms with E-state index in [1.807, 2.05) is 35.0 Å². The van der Waals surface area contributed by atoms with Crippen molar-refractivity contribution in [1.29, 1.82) is 0 Å². The van der Waals surface area contributed by atoms with Gasteiger partial charge >= 0.3 is 6.03 Å². The molecular weight excluding hydrogens is 268 g/mol. The Balaban J connectivity index is 1.55. The molecule has 2 aromatic rings. The molecule has 0 unspecified atom stereocenters. The first-order valence-electron chi connectivity index (χ1n) is 7.19. The predicted molar refractivity (Wildman–Crippen MR) is 77.6 cm³/mol. The van der Waals surface area contributed by atoms with E-state index in [-0.39, 0.29) is 6.03 Å². The van der Waals surface area contributed by atoms with Crippen LogP contribution in [-0.4, -0.2) is 26.2 Å². The molecule has 0 radical (unpaired) electrons. The van der Waals surface area contributed by atoms with Crippen LogP contribution in [0.25, 0.3) is 0 Å². The Labute approximate surface area is 122 Å². The number of carbonyl (C=O) groups excluding carboxylic acids is 1.